The monoisotopic (exact) mass is 244 g/mol. The first-order valence-electron chi connectivity index (χ1n) is 5.52. The number of amidine groups is 1. The zero-order chi connectivity index (χ0) is 11.5. The molecule has 3 heterocycles. The molecule has 1 N–H and O–H groups in total. The zero-order valence-corrected chi connectivity index (χ0v) is 10.0. The summed E-state index contributed by atoms with van der Waals surface area (Å²) in [6.07, 6.45) is 5.23. The van der Waals surface area contributed by atoms with Gasteiger partial charge in [-0.05, 0) is 11.4 Å². The highest BCUT2D eigenvalue weighted by Crippen LogP contribution is 2.28. The molecule has 4 nitrogen and oxygen atoms in total. The van der Waals surface area contributed by atoms with Crippen LogP contribution in [0.2, 0.25) is 0 Å². The topological polar surface area (TPSA) is 50.2 Å². The third-order valence-corrected chi connectivity index (χ3v) is 3.62. The van der Waals surface area contributed by atoms with E-state index >= 15 is 0 Å². The van der Waals surface area contributed by atoms with Crippen molar-refractivity contribution < 1.29 is 0 Å². The van der Waals surface area contributed by atoms with E-state index in [2.05, 4.69) is 37.8 Å². The first-order chi connectivity index (χ1) is 8.45. The van der Waals surface area contributed by atoms with Gasteiger partial charge in [0.15, 0.2) is 0 Å². The molecule has 17 heavy (non-hydrogen) atoms. The largest absolute Gasteiger partial charge is 0.371 e. The van der Waals surface area contributed by atoms with Gasteiger partial charge in [-0.1, -0.05) is 6.07 Å². The molecule has 2 aromatic heterocycles. The van der Waals surface area contributed by atoms with Crippen molar-refractivity contribution in [3.05, 3.63) is 46.7 Å². The summed E-state index contributed by atoms with van der Waals surface area (Å²) >= 11 is 1.72. The molecule has 0 radical (unpaired) electrons. The predicted molar refractivity (Wildman–Crippen MR) is 68.5 cm³/mol. The van der Waals surface area contributed by atoms with E-state index in [1.165, 1.54) is 4.88 Å². The Kier molecular flexibility index (Phi) is 2.83. The lowest BCUT2D eigenvalue weighted by Gasteiger charge is -2.14. The van der Waals surface area contributed by atoms with Crippen molar-refractivity contribution >= 4 is 17.2 Å². The maximum absolute atomic E-state index is 4.51. The second kappa shape index (κ2) is 4.63. The van der Waals surface area contributed by atoms with E-state index < -0.39 is 0 Å². The molecule has 1 aliphatic rings. The number of hydrogen-bond acceptors (Lipinski definition) is 5. The van der Waals surface area contributed by atoms with Gasteiger partial charge in [-0.25, -0.2) is 0 Å². The molecule has 86 valence electrons. The minimum Gasteiger partial charge on any atom is -0.371 e. The van der Waals surface area contributed by atoms with Crippen molar-refractivity contribution in [1.29, 1.82) is 0 Å². The summed E-state index contributed by atoms with van der Waals surface area (Å²) in [5.74, 6) is 1.11. The molecule has 0 bridgehead atoms. The number of thiophene rings is 1. The number of nitrogens with one attached hydrogen (secondary N) is 1. The van der Waals surface area contributed by atoms with E-state index in [-0.39, 0.29) is 5.92 Å². The molecule has 1 atom stereocenters. The Labute approximate surface area is 103 Å². The molecule has 0 aromatic carbocycles. The van der Waals surface area contributed by atoms with Crippen molar-refractivity contribution in [1.82, 2.24) is 15.3 Å². The van der Waals surface area contributed by atoms with Crippen LogP contribution in [-0.2, 0) is 0 Å². The number of hydrogen-bond donors (Lipinski definition) is 1. The van der Waals surface area contributed by atoms with Gasteiger partial charge < -0.3 is 5.32 Å². The van der Waals surface area contributed by atoms with Crippen molar-refractivity contribution in [2.24, 2.45) is 4.99 Å². The van der Waals surface area contributed by atoms with Gasteiger partial charge in [-0.2, -0.15) is 0 Å². The summed E-state index contributed by atoms with van der Waals surface area (Å²) in [4.78, 5) is 14.3. The number of rotatable bonds is 3. The summed E-state index contributed by atoms with van der Waals surface area (Å²) in [6.45, 7) is 1.76. The summed E-state index contributed by atoms with van der Waals surface area (Å²) < 4.78 is 0. The SMILES string of the molecule is c1csc(C(C2=NCCN2)c2cnccn2)c1. The lowest BCUT2D eigenvalue weighted by Crippen LogP contribution is -2.26. The normalized spacial score (nSPS) is 16.4. The molecule has 0 aliphatic carbocycles. The van der Waals surface area contributed by atoms with E-state index in [0.717, 1.165) is 24.6 Å². The van der Waals surface area contributed by atoms with Gasteiger partial charge in [0.1, 0.15) is 5.84 Å². The smallest absolute Gasteiger partial charge is 0.111 e. The van der Waals surface area contributed by atoms with Crippen LogP contribution in [0.25, 0.3) is 0 Å². The molecule has 0 fully saturated rings. The fraction of sp³-hybridized carbons (Fsp3) is 0.250. The van der Waals surface area contributed by atoms with Gasteiger partial charge in [-0.3, -0.25) is 15.0 Å². The molecule has 5 heteroatoms. The molecule has 0 saturated heterocycles. The van der Waals surface area contributed by atoms with Gasteiger partial charge in [0, 0.05) is 30.0 Å². The van der Waals surface area contributed by atoms with E-state index in [9.17, 15) is 0 Å². The maximum atomic E-state index is 4.51. The third-order valence-electron chi connectivity index (χ3n) is 2.68. The van der Waals surface area contributed by atoms with Crippen LogP contribution in [-0.4, -0.2) is 28.9 Å². The Bertz CT molecular complexity index is 507. The van der Waals surface area contributed by atoms with Crippen molar-refractivity contribution in [3.63, 3.8) is 0 Å². The minimum absolute atomic E-state index is 0.103. The minimum atomic E-state index is 0.103. The van der Waals surface area contributed by atoms with Crippen LogP contribution in [0.15, 0.2) is 41.1 Å². The Morgan fingerprint density at radius 1 is 1.35 bits per heavy atom. The van der Waals surface area contributed by atoms with Crippen LogP contribution in [0.4, 0.5) is 0 Å². The summed E-state index contributed by atoms with van der Waals surface area (Å²) in [5.41, 5.74) is 0.947. The molecule has 2 aromatic rings. The summed E-state index contributed by atoms with van der Waals surface area (Å²) in [5, 5.41) is 5.41. The molecule has 3 rings (SSSR count). The predicted octanol–water partition coefficient (Wildman–Crippen LogP) is 1.67. The average Bonchev–Trinajstić information content (AvgIpc) is 3.04. The van der Waals surface area contributed by atoms with Crippen LogP contribution in [0.5, 0.6) is 0 Å². The Balaban J connectivity index is 2.03. The number of aromatic nitrogens is 2. The molecule has 0 saturated carbocycles. The molecule has 0 spiro atoms. The quantitative estimate of drug-likeness (QED) is 0.893. The van der Waals surface area contributed by atoms with Crippen LogP contribution < -0.4 is 5.32 Å². The number of nitrogens with zero attached hydrogens (tertiary/aromatic N) is 3. The van der Waals surface area contributed by atoms with E-state index in [4.69, 9.17) is 0 Å². The molecular weight excluding hydrogens is 232 g/mol. The van der Waals surface area contributed by atoms with Crippen LogP contribution in [0, 0.1) is 0 Å². The van der Waals surface area contributed by atoms with Crippen LogP contribution >= 0.6 is 11.3 Å². The lowest BCUT2D eigenvalue weighted by molar-refractivity contribution is 0.917. The second-order valence-corrected chi connectivity index (χ2v) is 4.75. The highest BCUT2D eigenvalue weighted by Gasteiger charge is 2.24. The molecule has 0 amide bonds. The maximum Gasteiger partial charge on any atom is 0.111 e. The Morgan fingerprint density at radius 3 is 3.00 bits per heavy atom. The Morgan fingerprint density at radius 2 is 2.35 bits per heavy atom. The molecule has 1 unspecified atom stereocenters. The highest BCUT2D eigenvalue weighted by atomic mass is 32.1. The average molecular weight is 244 g/mol. The van der Waals surface area contributed by atoms with Gasteiger partial charge in [-0.15, -0.1) is 11.3 Å². The second-order valence-electron chi connectivity index (χ2n) is 3.77. The molecular formula is C12H12N4S. The van der Waals surface area contributed by atoms with E-state index in [0.29, 0.717) is 0 Å². The summed E-state index contributed by atoms with van der Waals surface area (Å²) in [7, 11) is 0. The summed E-state index contributed by atoms with van der Waals surface area (Å²) in [6, 6.07) is 4.17. The zero-order valence-electron chi connectivity index (χ0n) is 9.21. The lowest BCUT2D eigenvalue weighted by atomic mass is 10.0. The van der Waals surface area contributed by atoms with Crippen LogP contribution in [0.1, 0.15) is 16.5 Å². The van der Waals surface area contributed by atoms with Gasteiger partial charge in [0.2, 0.25) is 0 Å². The van der Waals surface area contributed by atoms with Crippen molar-refractivity contribution in [3.8, 4) is 0 Å². The first-order valence-corrected chi connectivity index (χ1v) is 6.40. The third kappa shape index (κ3) is 2.06. The van der Waals surface area contributed by atoms with Crippen molar-refractivity contribution in [2.75, 3.05) is 13.1 Å². The van der Waals surface area contributed by atoms with Gasteiger partial charge in [0.05, 0.1) is 18.2 Å². The highest BCUT2D eigenvalue weighted by molar-refractivity contribution is 7.10. The van der Waals surface area contributed by atoms with Gasteiger partial charge >= 0.3 is 0 Å². The van der Waals surface area contributed by atoms with E-state index in [1.54, 1.807) is 23.7 Å². The molecule has 1 aliphatic heterocycles. The van der Waals surface area contributed by atoms with E-state index in [1.807, 2.05) is 6.20 Å². The van der Waals surface area contributed by atoms with Crippen molar-refractivity contribution in [2.45, 2.75) is 5.92 Å². The Hall–Kier alpha value is -1.75. The van der Waals surface area contributed by atoms with Crippen LogP contribution in [0.3, 0.4) is 0 Å². The fourth-order valence-electron chi connectivity index (χ4n) is 1.95. The first kappa shape index (κ1) is 10.4. The number of aliphatic imine (C=N–C) groups is 1. The standard InChI is InChI=1S/C12H12N4S/c1-2-10(17-7-1)11(12-15-5-6-16-12)9-8-13-3-4-14-9/h1-4,7-8,11H,5-6H2,(H,15,16). The fourth-order valence-corrected chi connectivity index (χ4v) is 2.79. The van der Waals surface area contributed by atoms with Gasteiger partial charge in [0.25, 0.3) is 0 Å².